The summed E-state index contributed by atoms with van der Waals surface area (Å²) in [7, 11) is 0. The maximum absolute atomic E-state index is 14.5. The number of hydrogen-bond acceptors (Lipinski definition) is 6. The molecule has 8 nitrogen and oxygen atoms in total. The molecule has 2 aliphatic rings. The average molecular weight is 351 g/mol. The molecule has 1 unspecified atom stereocenters. The second-order valence-corrected chi connectivity index (χ2v) is 5.76. The van der Waals surface area contributed by atoms with Gasteiger partial charge in [-0.25, -0.2) is 9.18 Å². The van der Waals surface area contributed by atoms with Crippen molar-refractivity contribution in [1.82, 2.24) is 4.90 Å². The van der Waals surface area contributed by atoms with Gasteiger partial charge >= 0.3 is 6.09 Å². The number of halogens is 1. The molecule has 3 amide bonds. The van der Waals surface area contributed by atoms with Gasteiger partial charge in [-0.1, -0.05) is 0 Å². The number of cyclic esters (lactones) is 1. The minimum atomic E-state index is -0.648. The third-order valence-corrected chi connectivity index (χ3v) is 4.15. The number of imide groups is 1. The van der Waals surface area contributed by atoms with Crippen LogP contribution in [-0.2, 0) is 19.1 Å². The van der Waals surface area contributed by atoms with Gasteiger partial charge in [0.25, 0.3) is 0 Å². The summed E-state index contributed by atoms with van der Waals surface area (Å²) >= 11 is 0. The van der Waals surface area contributed by atoms with Gasteiger partial charge in [-0.2, -0.15) is 0 Å². The summed E-state index contributed by atoms with van der Waals surface area (Å²) in [5.41, 5.74) is 0.829. The first-order valence-corrected chi connectivity index (χ1v) is 7.89. The summed E-state index contributed by atoms with van der Waals surface area (Å²) in [6.07, 6.45) is -0.564. The molecular formula is C16H18FN3O5. The lowest BCUT2D eigenvalue weighted by Gasteiger charge is -2.29. The zero-order valence-electron chi connectivity index (χ0n) is 13.5. The Hall–Kier alpha value is -2.68. The zero-order valence-corrected chi connectivity index (χ0v) is 13.5. The molecule has 25 heavy (non-hydrogen) atoms. The van der Waals surface area contributed by atoms with Crippen LogP contribution in [0.15, 0.2) is 18.2 Å². The first kappa shape index (κ1) is 17.2. The Labute approximate surface area is 143 Å². The summed E-state index contributed by atoms with van der Waals surface area (Å²) in [4.78, 5) is 37.4. The minimum Gasteiger partial charge on any atom is -0.442 e. The van der Waals surface area contributed by atoms with E-state index in [9.17, 15) is 18.8 Å². The van der Waals surface area contributed by atoms with Crippen LogP contribution < -0.4 is 9.80 Å². The number of benzene rings is 1. The maximum Gasteiger partial charge on any atom is 0.414 e. The predicted molar refractivity (Wildman–Crippen MR) is 85.9 cm³/mol. The van der Waals surface area contributed by atoms with Crippen LogP contribution >= 0.6 is 0 Å². The lowest BCUT2D eigenvalue weighted by atomic mass is 10.2. The number of ether oxygens (including phenoxy) is 2. The van der Waals surface area contributed by atoms with Crippen LogP contribution in [0.4, 0.5) is 20.6 Å². The van der Waals surface area contributed by atoms with Crippen molar-refractivity contribution in [2.24, 2.45) is 0 Å². The Balaban J connectivity index is 1.71. The minimum absolute atomic E-state index is 0.0381. The summed E-state index contributed by atoms with van der Waals surface area (Å²) in [5, 5.41) is 0. The fourth-order valence-corrected chi connectivity index (χ4v) is 2.90. The highest BCUT2D eigenvalue weighted by Gasteiger charge is 2.34. The van der Waals surface area contributed by atoms with Crippen molar-refractivity contribution in [3.63, 3.8) is 0 Å². The Bertz CT molecular complexity index is 657. The van der Waals surface area contributed by atoms with Crippen molar-refractivity contribution in [1.29, 1.82) is 0 Å². The molecule has 2 saturated heterocycles. The van der Waals surface area contributed by atoms with Crippen LogP contribution in [-0.4, -0.2) is 69.3 Å². The van der Waals surface area contributed by atoms with Crippen LogP contribution in [0.25, 0.3) is 0 Å². The Morgan fingerprint density at radius 2 is 1.96 bits per heavy atom. The smallest absolute Gasteiger partial charge is 0.414 e. The largest absolute Gasteiger partial charge is 0.442 e. The van der Waals surface area contributed by atoms with E-state index in [1.54, 1.807) is 12.1 Å². The van der Waals surface area contributed by atoms with Crippen molar-refractivity contribution in [3.05, 3.63) is 24.0 Å². The van der Waals surface area contributed by atoms with E-state index >= 15 is 0 Å². The number of hydrogen-bond donors (Lipinski definition) is 0. The molecule has 9 heteroatoms. The van der Waals surface area contributed by atoms with Gasteiger partial charge in [0.05, 0.1) is 37.7 Å². The van der Waals surface area contributed by atoms with E-state index in [4.69, 9.17) is 9.47 Å². The lowest BCUT2D eigenvalue weighted by Crippen LogP contribution is -2.36. The van der Waals surface area contributed by atoms with Crippen LogP contribution in [0.2, 0.25) is 0 Å². The van der Waals surface area contributed by atoms with E-state index in [0.717, 1.165) is 4.90 Å². The SMILES string of the molecule is O=CN(C=O)CC1CN(c2ccc(N3CCOCC3)c(F)c2)C(=O)O1. The number of rotatable bonds is 6. The Kier molecular flexibility index (Phi) is 5.13. The molecule has 0 saturated carbocycles. The lowest BCUT2D eigenvalue weighted by molar-refractivity contribution is -0.130. The zero-order chi connectivity index (χ0) is 17.8. The molecule has 0 aromatic heterocycles. The number of anilines is 2. The molecule has 2 aliphatic heterocycles. The predicted octanol–water partition coefficient (Wildman–Crippen LogP) is 0.602. The molecule has 2 heterocycles. The van der Waals surface area contributed by atoms with E-state index in [-0.39, 0.29) is 13.1 Å². The number of carbonyl (C=O) groups excluding carboxylic acids is 3. The Morgan fingerprint density at radius 1 is 1.24 bits per heavy atom. The van der Waals surface area contributed by atoms with Crippen LogP contribution in [0.1, 0.15) is 0 Å². The van der Waals surface area contributed by atoms with Crippen molar-refractivity contribution in [3.8, 4) is 0 Å². The first-order chi connectivity index (χ1) is 12.1. The third-order valence-electron chi connectivity index (χ3n) is 4.15. The van der Waals surface area contributed by atoms with Crippen LogP contribution in [0.3, 0.4) is 0 Å². The highest BCUT2D eigenvalue weighted by Crippen LogP contribution is 2.28. The topological polar surface area (TPSA) is 79.4 Å². The van der Waals surface area contributed by atoms with Crippen LogP contribution in [0.5, 0.6) is 0 Å². The standard InChI is InChI=1S/C16H18FN3O5/c17-14-7-12(1-2-15(14)19-3-5-24-6-4-19)20-9-13(25-16(20)23)8-18(10-21)11-22/h1-2,7,10-11,13H,3-6,8-9H2. The third kappa shape index (κ3) is 3.71. The summed E-state index contributed by atoms with van der Waals surface area (Å²) in [6, 6.07) is 4.56. The molecule has 0 radical (unpaired) electrons. The quantitative estimate of drug-likeness (QED) is 0.699. The molecule has 0 N–H and O–H groups in total. The van der Waals surface area contributed by atoms with Crippen molar-refractivity contribution < 1.29 is 28.2 Å². The molecule has 2 fully saturated rings. The number of nitrogens with zero attached hydrogens (tertiary/aromatic N) is 3. The highest BCUT2D eigenvalue weighted by atomic mass is 19.1. The number of amides is 3. The summed E-state index contributed by atoms with van der Waals surface area (Å²) in [6.45, 7) is 2.40. The monoisotopic (exact) mass is 351 g/mol. The van der Waals surface area contributed by atoms with E-state index in [0.29, 0.717) is 50.5 Å². The molecule has 0 spiro atoms. The molecule has 0 aliphatic carbocycles. The average Bonchev–Trinajstić information content (AvgIpc) is 3.00. The molecule has 1 aromatic carbocycles. The van der Waals surface area contributed by atoms with Gasteiger partial charge in [0, 0.05) is 13.1 Å². The van der Waals surface area contributed by atoms with Gasteiger partial charge in [0.2, 0.25) is 12.8 Å². The van der Waals surface area contributed by atoms with Gasteiger partial charge in [0.15, 0.2) is 0 Å². The van der Waals surface area contributed by atoms with Crippen LogP contribution in [0, 0.1) is 5.82 Å². The van der Waals surface area contributed by atoms with Gasteiger partial charge < -0.3 is 14.4 Å². The summed E-state index contributed by atoms with van der Waals surface area (Å²) in [5.74, 6) is -0.432. The van der Waals surface area contributed by atoms with E-state index in [2.05, 4.69) is 0 Å². The van der Waals surface area contributed by atoms with E-state index in [1.165, 1.54) is 11.0 Å². The number of morpholine rings is 1. The normalized spacial score (nSPS) is 20.4. The molecule has 0 bridgehead atoms. The molecule has 1 aromatic rings. The molecule has 3 rings (SSSR count). The van der Waals surface area contributed by atoms with Gasteiger partial charge in [-0.05, 0) is 18.2 Å². The number of carbonyl (C=O) groups is 3. The fraction of sp³-hybridized carbons (Fsp3) is 0.438. The van der Waals surface area contributed by atoms with E-state index in [1.807, 2.05) is 4.90 Å². The van der Waals surface area contributed by atoms with Gasteiger partial charge in [0.1, 0.15) is 11.9 Å². The first-order valence-electron chi connectivity index (χ1n) is 7.89. The van der Waals surface area contributed by atoms with E-state index < -0.39 is 18.0 Å². The second kappa shape index (κ2) is 7.47. The van der Waals surface area contributed by atoms with Crippen molar-refractivity contribution >= 4 is 30.3 Å². The molecule has 134 valence electrons. The maximum atomic E-state index is 14.5. The van der Waals surface area contributed by atoms with Crippen molar-refractivity contribution in [2.45, 2.75) is 6.10 Å². The molecule has 1 atom stereocenters. The second-order valence-electron chi connectivity index (χ2n) is 5.76. The highest BCUT2D eigenvalue weighted by molar-refractivity contribution is 5.90. The fourth-order valence-electron chi connectivity index (χ4n) is 2.90. The van der Waals surface area contributed by atoms with Crippen molar-refractivity contribution in [2.75, 3.05) is 49.2 Å². The summed E-state index contributed by atoms with van der Waals surface area (Å²) < 4.78 is 24.9. The Morgan fingerprint density at radius 3 is 2.60 bits per heavy atom. The van der Waals surface area contributed by atoms with Gasteiger partial charge in [-0.15, -0.1) is 0 Å². The molecular weight excluding hydrogens is 333 g/mol. The van der Waals surface area contributed by atoms with Gasteiger partial charge in [-0.3, -0.25) is 19.4 Å².